The zero-order chi connectivity index (χ0) is 20.1. The average Bonchev–Trinajstić information content (AvgIpc) is 3.12. The number of nitrogens with one attached hydrogen (secondary N) is 1. The summed E-state index contributed by atoms with van der Waals surface area (Å²) in [4.78, 5) is 20.4. The lowest BCUT2D eigenvalue weighted by Crippen LogP contribution is -3.08. The van der Waals surface area contributed by atoms with Gasteiger partial charge < -0.3 is 14.5 Å². The highest BCUT2D eigenvalue weighted by atomic mass is 32.1. The molecule has 1 N–H and O–H groups in total. The second-order valence-corrected chi connectivity index (χ2v) is 8.15. The van der Waals surface area contributed by atoms with Gasteiger partial charge in [-0.1, -0.05) is 12.1 Å². The summed E-state index contributed by atoms with van der Waals surface area (Å²) >= 11 is 1.65. The smallest absolute Gasteiger partial charge is 0.278 e. The van der Waals surface area contributed by atoms with Gasteiger partial charge in [-0.05, 0) is 50.2 Å². The first-order valence-corrected chi connectivity index (χ1v) is 10.4. The predicted molar refractivity (Wildman–Crippen MR) is 114 cm³/mol. The van der Waals surface area contributed by atoms with E-state index in [9.17, 15) is 4.79 Å². The number of thiazole rings is 1. The Bertz CT molecular complexity index is 890. The van der Waals surface area contributed by atoms with Crippen LogP contribution in [0.1, 0.15) is 30.5 Å². The van der Waals surface area contributed by atoms with Crippen LogP contribution in [0.2, 0.25) is 0 Å². The molecule has 3 aromatic rings. The molecule has 2 aromatic carbocycles. The van der Waals surface area contributed by atoms with Gasteiger partial charge in [0.25, 0.3) is 5.91 Å². The molecular formula is C22H28N3O2S+. The predicted octanol–water partition coefficient (Wildman–Crippen LogP) is 2.93. The van der Waals surface area contributed by atoms with Crippen molar-refractivity contribution in [3.63, 3.8) is 0 Å². The number of para-hydroxylation sites is 1. The molecule has 1 amide bonds. The van der Waals surface area contributed by atoms with Crippen LogP contribution in [0, 0.1) is 0 Å². The van der Waals surface area contributed by atoms with Gasteiger partial charge in [-0.3, -0.25) is 4.79 Å². The van der Waals surface area contributed by atoms with E-state index in [2.05, 4.69) is 18.2 Å². The van der Waals surface area contributed by atoms with Gasteiger partial charge in [-0.25, -0.2) is 4.98 Å². The summed E-state index contributed by atoms with van der Waals surface area (Å²) in [5.41, 5.74) is 2.18. The second kappa shape index (κ2) is 9.17. The quantitative estimate of drug-likeness (QED) is 0.635. The van der Waals surface area contributed by atoms with E-state index in [4.69, 9.17) is 9.72 Å². The number of likely N-dealkylation sites (N-methyl/N-ethyl adjacent to an activating group) is 2. The fraction of sp³-hybridized carbons (Fsp3) is 0.364. The van der Waals surface area contributed by atoms with Gasteiger partial charge in [0.1, 0.15) is 17.3 Å². The van der Waals surface area contributed by atoms with Gasteiger partial charge in [0.15, 0.2) is 6.54 Å². The molecule has 0 saturated heterocycles. The lowest BCUT2D eigenvalue weighted by Gasteiger charge is -2.24. The van der Waals surface area contributed by atoms with Crippen molar-refractivity contribution in [1.29, 1.82) is 0 Å². The van der Waals surface area contributed by atoms with E-state index in [0.717, 1.165) is 32.4 Å². The molecule has 0 saturated carbocycles. The van der Waals surface area contributed by atoms with Crippen LogP contribution in [-0.4, -0.2) is 43.0 Å². The van der Waals surface area contributed by atoms with Crippen LogP contribution in [0.5, 0.6) is 5.75 Å². The molecule has 0 radical (unpaired) electrons. The number of carbonyl (C=O) groups excluding carboxylic acids is 1. The van der Waals surface area contributed by atoms with E-state index in [1.165, 1.54) is 5.56 Å². The molecule has 1 aromatic heterocycles. The molecule has 0 aliphatic carbocycles. The normalized spacial score (nSPS) is 13.3. The number of ether oxygens (including phenoxy) is 1. The molecule has 5 nitrogen and oxygen atoms in total. The topological polar surface area (TPSA) is 46.9 Å². The molecule has 0 aliphatic rings. The van der Waals surface area contributed by atoms with Crippen molar-refractivity contribution >= 4 is 27.5 Å². The largest absolute Gasteiger partial charge is 0.494 e. The third kappa shape index (κ3) is 4.88. The van der Waals surface area contributed by atoms with E-state index in [0.29, 0.717) is 13.2 Å². The molecule has 0 fully saturated rings. The van der Waals surface area contributed by atoms with Crippen molar-refractivity contribution in [2.45, 2.75) is 26.4 Å². The highest BCUT2D eigenvalue weighted by molar-refractivity contribution is 7.18. The standard InChI is InChI=1S/C22H27N3O2S/c1-5-27-18-12-10-17(11-13-18)14-24(3)15-21(26)25(4)16(2)22-23-19-8-6-7-9-20(19)28-22/h6-13,16H,5,14-15H2,1-4H3/p+1/t16-/m1/s1. The molecular weight excluding hydrogens is 370 g/mol. The molecule has 2 atom stereocenters. The first-order valence-electron chi connectivity index (χ1n) is 9.62. The Hall–Kier alpha value is -2.44. The van der Waals surface area contributed by atoms with Crippen LogP contribution in [0.15, 0.2) is 48.5 Å². The SMILES string of the molecule is CCOc1ccc(C[NH+](C)CC(=O)N(C)[C@H](C)c2nc3ccccc3s2)cc1. The summed E-state index contributed by atoms with van der Waals surface area (Å²) in [6.45, 7) is 5.92. The molecule has 0 bridgehead atoms. The molecule has 6 heteroatoms. The zero-order valence-electron chi connectivity index (χ0n) is 16.9. The molecule has 3 rings (SSSR count). The maximum absolute atomic E-state index is 12.8. The Morgan fingerprint density at radius 2 is 1.93 bits per heavy atom. The van der Waals surface area contributed by atoms with Crippen LogP contribution >= 0.6 is 11.3 Å². The minimum atomic E-state index is -0.0387. The molecule has 148 valence electrons. The van der Waals surface area contributed by atoms with Crippen LogP contribution in [0.3, 0.4) is 0 Å². The van der Waals surface area contributed by atoms with Gasteiger partial charge in [0, 0.05) is 12.6 Å². The van der Waals surface area contributed by atoms with Crippen molar-refractivity contribution in [2.24, 2.45) is 0 Å². The van der Waals surface area contributed by atoms with Crippen molar-refractivity contribution < 1.29 is 14.4 Å². The number of aromatic nitrogens is 1. The summed E-state index contributed by atoms with van der Waals surface area (Å²) in [5.74, 6) is 1.000. The van der Waals surface area contributed by atoms with Gasteiger partial charge >= 0.3 is 0 Å². The number of hydrogen-bond acceptors (Lipinski definition) is 4. The summed E-state index contributed by atoms with van der Waals surface area (Å²) < 4.78 is 6.64. The molecule has 1 heterocycles. The van der Waals surface area contributed by atoms with Gasteiger partial charge in [0.05, 0.1) is 29.9 Å². The van der Waals surface area contributed by atoms with Crippen LogP contribution in [-0.2, 0) is 11.3 Å². The van der Waals surface area contributed by atoms with E-state index < -0.39 is 0 Å². The van der Waals surface area contributed by atoms with Crippen molar-refractivity contribution in [3.8, 4) is 5.75 Å². The minimum absolute atomic E-state index is 0.0387. The van der Waals surface area contributed by atoms with Crippen LogP contribution in [0.25, 0.3) is 10.2 Å². The molecule has 0 aliphatic heterocycles. The number of rotatable bonds is 8. The van der Waals surface area contributed by atoms with Gasteiger partial charge in [-0.2, -0.15) is 0 Å². The third-order valence-corrected chi connectivity index (χ3v) is 6.04. The van der Waals surface area contributed by atoms with Crippen LogP contribution < -0.4 is 9.64 Å². The van der Waals surface area contributed by atoms with Crippen molar-refractivity contribution in [1.82, 2.24) is 9.88 Å². The number of carbonyl (C=O) groups is 1. The molecule has 0 spiro atoms. The first kappa shape index (κ1) is 20.3. The van der Waals surface area contributed by atoms with E-state index in [1.807, 2.05) is 58.3 Å². The minimum Gasteiger partial charge on any atom is -0.494 e. The Morgan fingerprint density at radius 1 is 1.21 bits per heavy atom. The number of amides is 1. The third-order valence-electron chi connectivity index (χ3n) is 4.84. The maximum Gasteiger partial charge on any atom is 0.278 e. The van der Waals surface area contributed by atoms with E-state index >= 15 is 0 Å². The highest BCUT2D eigenvalue weighted by Gasteiger charge is 2.23. The number of fused-ring (bicyclic) bond motifs is 1. The summed E-state index contributed by atoms with van der Waals surface area (Å²) in [5, 5.41) is 0.973. The lowest BCUT2D eigenvalue weighted by molar-refractivity contribution is -0.885. The monoisotopic (exact) mass is 398 g/mol. The zero-order valence-corrected chi connectivity index (χ0v) is 17.8. The Labute approximate surface area is 170 Å². The molecule has 1 unspecified atom stereocenters. The second-order valence-electron chi connectivity index (χ2n) is 7.09. The summed E-state index contributed by atoms with van der Waals surface area (Å²) in [6.07, 6.45) is 0. The Morgan fingerprint density at radius 3 is 2.61 bits per heavy atom. The number of hydrogen-bond donors (Lipinski definition) is 1. The van der Waals surface area contributed by atoms with Gasteiger partial charge in [-0.15, -0.1) is 11.3 Å². The maximum atomic E-state index is 12.8. The van der Waals surface area contributed by atoms with Crippen molar-refractivity contribution in [3.05, 3.63) is 59.1 Å². The van der Waals surface area contributed by atoms with Crippen LogP contribution in [0.4, 0.5) is 0 Å². The Balaban J connectivity index is 1.57. The lowest BCUT2D eigenvalue weighted by atomic mass is 10.2. The van der Waals surface area contributed by atoms with E-state index in [-0.39, 0.29) is 11.9 Å². The molecule has 28 heavy (non-hydrogen) atoms. The van der Waals surface area contributed by atoms with E-state index in [1.54, 1.807) is 16.2 Å². The fourth-order valence-electron chi connectivity index (χ4n) is 3.11. The number of benzene rings is 2. The average molecular weight is 399 g/mol. The Kier molecular flexibility index (Phi) is 6.65. The highest BCUT2D eigenvalue weighted by Crippen LogP contribution is 2.28. The number of nitrogens with zero attached hydrogens (tertiary/aromatic N) is 2. The summed E-state index contributed by atoms with van der Waals surface area (Å²) in [6, 6.07) is 16.1. The van der Waals surface area contributed by atoms with Crippen molar-refractivity contribution in [2.75, 3.05) is 27.2 Å². The number of quaternary nitrogens is 1. The summed E-state index contributed by atoms with van der Waals surface area (Å²) in [7, 11) is 3.91. The van der Waals surface area contributed by atoms with Gasteiger partial charge in [0.2, 0.25) is 0 Å². The first-order chi connectivity index (χ1) is 13.5. The fourth-order valence-corrected chi connectivity index (χ4v) is 4.18.